The summed E-state index contributed by atoms with van der Waals surface area (Å²) in [6.45, 7) is 2.71. The summed E-state index contributed by atoms with van der Waals surface area (Å²) in [5.74, 6) is 1.79. The number of carbonyl (C=O) groups excluding carboxylic acids is 1. The third-order valence-corrected chi connectivity index (χ3v) is 4.62. The number of carbonyl (C=O) groups is 1. The van der Waals surface area contributed by atoms with Gasteiger partial charge in [-0.3, -0.25) is 9.78 Å². The Labute approximate surface area is 163 Å². The van der Waals surface area contributed by atoms with E-state index in [2.05, 4.69) is 14.9 Å². The fourth-order valence-electron chi connectivity index (χ4n) is 2.92. The monoisotopic (exact) mass is 388 g/mol. The summed E-state index contributed by atoms with van der Waals surface area (Å²) in [6, 6.07) is 3.51. The predicted molar refractivity (Wildman–Crippen MR) is 104 cm³/mol. The van der Waals surface area contributed by atoms with Gasteiger partial charge < -0.3 is 19.3 Å². The Bertz CT molecular complexity index is 821. The Hall–Kier alpha value is -2.80. The summed E-state index contributed by atoms with van der Waals surface area (Å²) in [7, 11) is 3.08. The van der Waals surface area contributed by atoms with Gasteiger partial charge in [-0.2, -0.15) is 0 Å². The minimum absolute atomic E-state index is 0.0419. The van der Waals surface area contributed by atoms with E-state index in [0.717, 1.165) is 24.5 Å². The number of piperazine rings is 1. The molecule has 0 atom stereocenters. The molecule has 2 aromatic rings. The van der Waals surface area contributed by atoms with Crippen LogP contribution in [0.2, 0.25) is 5.02 Å². The molecule has 0 spiro atoms. The first-order valence-corrected chi connectivity index (χ1v) is 8.89. The fraction of sp³-hybridized carbons (Fsp3) is 0.316. The first-order valence-electron chi connectivity index (χ1n) is 8.52. The molecule has 0 bridgehead atoms. The van der Waals surface area contributed by atoms with Crippen LogP contribution in [0, 0.1) is 0 Å². The van der Waals surface area contributed by atoms with Crippen molar-refractivity contribution >= 4 is 29.4 Å². The van der Waals surface area contributed by atoms with Crippen LogP contribution in [-0.4, -0.2) is 61.2 Å². The third kappa shape index (κ3) is 4.49. The standard InChI is InChI=1S/C19H21ClN4O3/c1-26-16-12-14(11-15(20)19(16)27-2)3-4-18(25)24-9-7-23(8-10-24)17-13-21-5-6-22-17/h3-6,11-13H,7-10H2,1-2H3. The molecule has 1 aliphatic heterocycles. The number of hydrogen-bond donors (Lipinski definition) is 0. The van der Waals surface area contributed by atoms with Crippen molar-refractivity contribution in [1.82, 2.24) is 14.9 Å². The van der Waals surface area contributed by atoms with Crippen molar-refractivity contribution in [2.45, 2.75) is 0 Å². The van der Waals surface area contributed by atoms with Crippen LogP contribution >= 0.6 is 11.6 Å². The highest BCUT2D eigenvalue weighted by atomic mass is 35.5. The van der Waals surface area contributed by atoms with Gasteiger partial charge in [-0.15, -0.1) is 0 Å². The van der Waals surface area contributed by atoms with E-state index >= 15 is 0 Å². The molecule has 1 aromatic heterocycles. The lowest BCUT2D eigenvalue weighted by atomic mass is 10.1. The molecule has 0 unspecified atom stereocenters. The predicted octanol–water partition coefficient (Wildman–Crippen LogP) is 2.51. The molecule has 0 aliphatic carbocycles. The van der Waals surface area contributed by atoms with Crippen molar-refractivity contribution < 1.29 is 14.3 Å². The van der Waals surface area contributed by atoms with Gasteiger partial charge in [0.05, 0.1) is 25.4 Å². The minimum Gasteiger partial charge on any atom is -0.493 e. The van der Waals surface area contributed by atoms with E-state index < -0.39 is 0 Å². The van der Waals surface area contributed by atoms with Gasteiger partial charge >= 0.3 is 0 Å². The zero-order valence-electron chi connectivity index (χ0n) is 15.3. The highest BCUT2D eigenvalue weighted by Gasteiger charge is 2.20. The molecule has 3 rings (SSSR count). The zero-order chi connectivity index (χ0) is 19.2. The van der Waals surface area contributed by atoms with Crippen LogP contribution in [0.1, 0.15) is 5.56 Å². The molecular formula is C19H21ClN4O3. The number of rotatable bonds is 5. The van der Waals surface area contributed by atoms with Crippen molar-refractivity contribution in [2.75, 3.05) is 45.3 Å². The molecule has 1 aliphatic rings. The van der Waals surface area contributed by atoms with Gasteiger partial charge in [-0.05, 0) is 23.8 Å². The Kier molecular flexibility index (Phi) is 6.13. The van der Waals surface area contributed by atoms with Crippen molar-refractivity contribution in [3.8, 4) is 11.5 Å². The minimum atomic E-state index is -0.0419. The van der Waals surface area contributed by atoms with Crippen LogP contribution < -0.4 is 14.4 Å². The molecule has 2 heterocycles. The summed E-state index contributed by atoms with van der Waals surface area (Å²) in [5.41, 5.74) is 0.768. The largest absolute Gasteiger partial charge is 0.493 e. The average Bonchev–Trinajstić information content (AvgIpc) is 2.72. The highest BCUT2D eigenvalue weighted by Crippen LogP contribution is 2.36. The highest BCUT2D eigenvalue weighted by molar-refractivity contribution is 6.32. The van der Waals surface area contributed by atoms with Crippen LogP contribution in [0.15, 0.2) is 36.8 Å². The van der Waals surface area contributed by atoms with Gasteiger partial charge in [-0.25, -0.2) is 4.98 Å². The van der Waals surface area contributed by atoms with Gasteiger partial charge in [0, 0.05) is 44.6 Å². The average molecular weight is 389 g/mol. The van der Waals surface area contributed by atoms with Gasteiger partial charge in [0.15, 0.2) is 11.5 Å². The van der Waals surface area contributed by atoms with Gasteiger partial charge in [0.25, 0.3) is 0 Å². The van der Waals surface area contributed by atoms with E-state index in [-0.39, 0.29) is 5.91 Å². The molecule has 0 saturated carbocycles. The molecule has 1 fully saturated rings. The second-order valence-electron chi connectivity index (χ2n) is 5.95. The second-order valence-corrected chi connectivity index (χ2v) is 6.35. The normalized spacial score (nSPS) is 14.5. The number of hydrogen-bond acceptors (Lipinski definition) is 6. The molecule has 0 radical (unpaired) electrons. The van der Waals surface area contributed by atoms with Crippen LogP contribution in [0.5, 0.6) is 11.5 Å². The molecule has 7 nitrogen and oxygen atoms in total. The van der Waals surface area contributed by atoms with Crippen LogP contribution in [0.3, 0.4) is 0 Å². The van der Waals surface area contributed by atoms with Gasteiger partial charge in [0.1, 0.15) is 5.82 Å². The number of benzene rings is 1. The Morgan fingerprint density at radius 1 is 1.15 bits per heavy atom. The third-order valence-electron chi connectivity index (χ3n) is 4.34. The van der Waals surface area contributed by atoms with Crippen LogP contribution in [0.4, 0.5) is 5.82 Å². The van der Waals surface area contributed by atoms with Crippen molar-refractivity contribution in [1.29, 1.82) is 0 Å². The van der Waals surface area contributed by atoms with Crippen LogP contribution in [-0.2, 0) is 4.79 Å². The van der Waals surface area contributed by atoms with Crippen molar-refractivity contribution in [3.05, 3.63) is 47.4 Å². The summed E-state index contributed by atoms with van der Waals surface area (Å²) in [5, 5.41) is 0.432. The fourth-order valence-corrected chi connectivity index (χ4v) is 3.21. The number of ether oxygens (including phenoxy) is 2. The Morgan fingerprint density at radius 3 is 2.56 bits per heavy atom. The SMILES string of the molecule is COc1cc(C=CC(=O)N2CCN(c3cnccn3)CC2)cc(Cl)c1OC. The topological polar surface area (TPSA) is 67.8 Å². The molecule has 142 valence electrons. The Morgan fingerprint density at radius 2 is 1.93 bits per heavy atom. The molecular weight excluding hydrogens is 368 g/mol. The first-order chi connectivity index (χ1) is 13.1. The summed E-state index contributed by atoms with van der Waals surface area (Å²) < 4.78 is 10.5. The maximum absolute atomic E-state index is 12.5. The lowest BCUT2D eigenvalue weighted by molar-refractivity contribution is -0.126. The van der Waals surface area contributed by atoms with E-state index in [0.29, 0.717) is 29.6 Å². The quantitative estimate of drug-likeness (QED) is 0.733. The Balaban J connectivity index is 1.62. The van der Waals surface area contributed by atoms with E-state index in [9.17, 15) is 4.79 Å². The maximum atomic E-state index is 12.5. The number of amides is 1. The van der Waals surface area contributed by atoms with Crippen molar-refractivity contribution in [3.63, 3.8) is 0 Å². The number of aromatic nitrogens is 2. The maximum Gasteiger partial charge on any atom is 0.246 e. The summed E-state index contributed by atoms with van der Waals surface area (Å²) >= 11 is 6.20. The summed E-state index contributed by atoms with van der Waals surface area (Å²) in [6.07, 6.45) is 8.33. The van der Waals surface area contributed by atoms with E-state index in [1.807, 2.05) is 4.90 Å². The molecule has 8 heteroatoms. The molecule has 1 saturated heterocycles. The van der Waals surface area contributed by atoms with Crippen LogP contribution in [0.25, 0.3) is 6.08 Å². The van der Waals surface area contributed by atoms with E-state index in [4.69, 9.17) is 21.1 Å². The smallest absolute Gasteiger partial charge is 0.246 e. The zero-order valence-corrected chi connectivity index (χ0v) is 16.0. The second kappa shape index (κ2) is 8.73. The number of methoxy groups -OCH3 is 2. The molecule has 0 N–H and O–H groups in total. The molecule has 27 heavy (non-hydrogen) atoms. The number of anilines is 1. The molecule has 1 aromatic carbocycles. The van der Waals surface area contributed by atoms with Gasteiger partial charge in [-0.1, -0.05) is 11.6 Å². The van der Waals surface area contributed by atoms with E-state index in [1.165, 1.54) is 7.11 Å². The lowest BCUT2D eigenvalue weighted by Gasteiger charge is -2.34. The first kappa shape index (κ1) is 19.0. The summed E-state index contributed by atoms with van der Waals surface area (Å²) in [4.78, 5) is 24.8. The number of nitrogens with zero attached hydrogens (tertiary/aromatic N) is 4. The number of halogens is 1. The van der Waals surface area contributed by atoms with E-state index in [1.54, 1.807) is 50.0 Å². The lowest BCUT2D eigenvalue weighted by Crippen LogP contribution is -2.48. The van der Waals surface area contributed by atoms with Gasteiger partial charge in [0.2, 0.25) is 5.91 Å². The molecule has 1 amide bonds. The van der Waals surface area contributed by atoms with Crippen molar-refractivity contribution in [2.24, 2.45) is 0 Å².